The highest BCUT2D eigenvalue weighted by Crippen LogP contribution is 2.26. The smallest absolute Gasteiger partial charge is 0.130 e. The lowest BCUT2D eigenvalue weighted by atomic mass is 10.1. The van der Waals surface area contributed by atoms with Crippen molar-refractivity contribution in [1.82, 2.24) is 9.78 Å². The lowest BCUT2D eigenvalue weighted by Crippen LogP contribution is -2.27. The van der Waals surface area contributed by atoms with Crippen LogP contribution in [-0.2, 0) is 13.5 Å². The highest BCUT2D eigenvalue weighted by atomic mass is 15.4. The summed E-state index contributed by atoms with van der Waals surface area (Å²) >= 11 is 0. The number of nitrogens with two attached hydrogens (primary N) is 1. The van der Waals surface area contributed by atoms with Gasteiger partial charge in [0.05, 0.1) is 5.69 Å². The van der Waals surface area contributed by atoms with E-state index in [1.165, 1.54) is 37.1 Å². The SMILES string of the molecule is Cc1nn(C)c(N2CCCCCC2)c1CCN. The molecular weight excluding hydrogens is 212 g/mol. The molecule has 0 aromatic carbocycles. The molecule has 1 aliphatic rings. The fourth-order valence-corrected chi connectivity index (χ4v) is 2.80. The minimum Gasteiger partial charge on any atom is -0.357 e. The van der Waals surface area contributed by atoms with Crippen molar-refractivity contribution in [3.8, 4) is 0 Å². The summed E-state index contributed by atoms with van der Waals surface area (Å²) in [5.74, 6) is 1.30. The summed E-state index contributed by atoms with van der Waals surface area (Å²) in [6.07, 6.45) is 6.25. The third kappa shape index (κ3) is 2.63. The summed E-state index contributed by atoms with van der Waals surface area (Å²) in [5, 5.41) is 4.55. The zero-order chi connectivity index (χ0) is 12.3. The average Bonchev–Trinajstić information content (AvgIpc) is 2.52. The van der Waals surface area contributed by atoms with Crippen molar-refractivity contribution in [2.45, 2.75) is 39.0 Å². The van der Waals surface area contributed by atoms with E-state index in [4.69, 9.17) is 5.73 Å². The van der Waals surface area contributed by atoms with Gasteiger partial charge in [0, 0.05) is 25.7 Å². The molecule has 2 heterocycles. The molecule has 0 aliphatic carbocycles. The molecule has 0 bridgehead atoms. The van der Waals surface area contributed by atoms with Crippen LogP contribution in [0.3, 0.4) is 0 Å². The van der Waals surface area contributed by atoms with Gasteiger partial charge < -0.3 is 10.6 Å². The van der Waals surface area contributed by atoms with E-state index >= 15 is 0 Å². The lowest BCUT2D eigenvalue weighted by Gasteiger charge is -2.24. The fourth-order valence-electron chi connectivity index (χ4n) is 2.80. The zero-order valence-corrected chi connectivity index (χ0v) is 11.1. The molecule has 1 saturated heterocycles. The molecule has 2 N–H and O–H groups in total. The van der Waals surface area contributed by atoms with Crippen LogP contribution >= 0.6 is 0 Å². The fraction of sp³-hybridized carbons (Fsp3) is 0.769. The molecule has 2 rings (SSSR count). The highest BCUT2D eigenvalue weighted by molar-refractivity contribution is 5.50. The van der Waals surface area contributed by atoms with E-state index in [1.54, 1.807) is 0 Å². The Balaban J connectivity index is 2.28. The number of hydrogen-bond donors (Lipinski definition) is 1. The van der Waals surface area contributed by atoms with Crippen molar-refractivity contribution < 1.29 is 0 Å². The maximum Gasteiger partial charge on any atom is 0.130 e. The van der Waals surface area contributed by atoms with E-state index in [0.29, 0.717) is 6.54 Å². The number of hydrogen-bond acceptors (Lipinski definition) is 3. The van der Waals surface area contributed by atoms with Gasteiger partial charge in [-0.05, 0) is 32.7 Å². The Kier molecular flexibility index (Phi) is 4.05. The molecule has 0 spiro atoms. The second kappa shape index (κ2) is 5.54. The summed E-state index contributed by atoms with van der Waals surface area (Å²) in [7, 11) is 2.05. The van der Waals surface area contributed by atoms with Gasteiger partial charge in [0.25, 0.3) is 0 Å². The minimum absolute atomic E-state index is 0.702. The number of rotatable bonds is 3. The van der Waals surface area contributed by atoms with Crippen molar-refractivity contribution in [3.63, 3.8) is 0 Å². The molecular formula is C13H24N4. The van der Waals surface area contributed by atoms with Crippen LogP contribution in [0.1, 0.15) is 36.9 Å². The predicted octanol–water partition coefficient (Wildman–Crippen LogP) is 1.61. The lowest BCUT2D eigenvalue weighted by molar-refractivity contribution is 0.695. The van der Waals surface area contributed by atoms with Gasteiger partial charge in [0.15, 0.2) is 0 Å². The van der Waals surface area contributed by atoms with Crippen LogP contribution in [0, 0.1) is 6.92 Å². The van der Waals surface area contributed by atoms with Crippen LogP contribution < -0.4 is 10.6 Å². The topological polar surface area (TPSA) is 47.1 Å². The van der Waals surface area contributed by atoms with Crippen LogP contribution in [-0.4, -0.2) is 29.4 Å². The van der Waals surface area contributed by atoms with Crippen molar-refractivity contribution in [2.75, 3.05) is 24.5 Å². The molecule has 1 aliphatic heterocycles. The summed E-state index contributed by atoms with van der Waals surface area (Å²) in [4.78, 5) is 2.50. The summed E-state index contributed by atoms with van der Waals surface area (Å²) in [5.41, 5.74) is 8.19. The molecule has 0 amide bonds. The molecule has 1 fully saturated rings. The molecule has 17 heavy (non-hydrogen) atoms. The normalized spacial score (nSPS) is 17.2. The third-order valence-corrected chi connectivity index (χ3v) is 3.61. The molecule has 1 aromatic heterocycles. The Morgan fingerprint density at radius 3 is 2.41 bits per heavy atom. The maximum atomic E-state index is 5.71. The largest absolute Gasteiger partial charge is 0.357 e. The van der Waals surface area contributed by atoms with Gasteiger partial charge in [-0.25, -0.2) is 0 Å². The molecule has 96 valence electrons. The van der Waals surface area contributed by atoms with Crippen LogP contribution in [0.15, 0.2) is 0 Å². The Bertz CT molecular complexity index is 362. The van der Waals surface area contributed by atoms with E-state index < -0.39 is 0 Å². The number of aryl methyl sites for hydroxylation is 2. The van der Waals surface area contributed by atoms with E-state index in [0.717, 1.165) is 25.2 Å². The number of aromatic nitrogens is 2. The van der Waals surface area contributed by atoms with Crippen LogP contribution in [0.25, 0.3) is 0 Å². The Labute approximate surface area is 104 Å². The Morgan fingerprint density at radius 2 is 1.82 bits per heavy atom. The highest BCUT2D eigenvalue weighted by Gasteiger charge is 2.19. The molecule has 0 saturated carbocycles. The molecule has 0 unspecified atom stereocenters. The van der Waals surface area contributed by atoms with E-state index in [2.05, 4.69) is 16.9 Å². The minimum atomic E-state index is 0.702. The number of nitrogens with zero attached hydrogens (tertiary/aromatic N) is 3. The predicted molar refractivity (Wildman–Crippen MR) is 71.4 cm³/mol. The number of anilines is 1. The first-order valence-corrected chi connectivity index (χ1v) is 6.71. The first-order chi connectivity index (χ1) is 8.24. The van der Waals surface area contributed by atoms with Gasteiger partial charge in [0.2, 0.25) is 0 Å². The van der Waals surface area contributed by atoms with Gasteiger partial charge in [0.1, 0.15) is 5.82 Å². The van der Waals surface area contributed by atoms with Crippen molar-refractivity contribution in [3.05, 3.63) is 11.3 Å². The third-order valence-electron chi connectivity index (χ3n) is 3.61. The first-order valence-electron chi connectivity index (χ1n) is 6.71. The van der Waals surface area contributed by atoms with Gasteiger partial charge in [-0.15, -0.1) is 0 Å². The summed E-state index contributed by atoms with van der Waals surface area (Å²) in [6, 6.07) is 0. The van der Waals surface area contributed by atoms with Gasteiger partial charge in [-0.1, -0.05) is 12.8 Å². The standard InChI is InChI=1S/C13H24N4/c1-11-12(7-8-14)13(16(2)15-11)17-9-5-3-4-6-10-17/h3-10,14H2,1-2H3. The van der Waals surface area contributed by atoms with Gasteiger partial charge in [-0.2, -0.15) is 5.10 Å². The Hall–Kier alpha value is -1.03. The second-order valence-corrected chi connectivity index (χ2v) is 4.95. The van der Waals surface area contributed by atoms with E-state index in [1.807, 2.05) is 11.7 Å². The first kappa shape index (κ1) is 12.4. The van der Waals surface area contributed by atoms with E-state index in [-0.39, 0.29) is 0 Å². The zero-order valence-electron chi connectivity index (χ0n) is 11.1. The van der Waals surface area contributed by atoms with Crippen molar-refractivity contribution in [2.24, 2.45) is 12.8 Å². The molecule has 0 atom stereocenters. The van der Waals surface area contributed by atoms with Crippen LogP contribution in [0.4, 0.5) is 5.82 Å². The summed E-state index contributed by atoms with van der Waals surface area (Å²) in [6.45, 7) is 5.12. The second-order valence-electron chi connectivity index (χ2n) is 4.95. The molecule has 4 heteroatoms. The Morgan fingerprint density at radius 1 is 1.18 bits per heavy atom. The monoisotopic (exact) mass is 236 g/mol. The van der Waals surface area contributed by atoms with Gasteiger partial charge >= 0.3 is 0 Å². The maximum absolute atomic E-state index is 5.71. The molecule has 4 nitrogen and oxygen atoms in total. The van der Waals surface area contributed by atoms with Crippen LogP contribution in [0.2, 0.25) is 0 Å². The van der Waals surface area contributed by atoms with E-state index in [9.17, 15) is 0 Å². The quantitative estimate of drug-likeness (QED) is 0.867. The van der Waals surface area contributed by atoms with Crippen molar-refractivity contribution in [1.29, 1.82) is 0 Å². The average molecular weight is 236 g/mol. The van der Waals surface area contributed by atoms with Crippen molar-refractivity contribution >= 4 is 5.82 Å². The summed E-state index contributed by atoms with van der Waals surface area (Å²) < 4.78 is 2.03. The van der Waals surface area contributed by atoms with Gasteiger partial charge in [-0.3, -0.25) is 4.68 Å². The van der Waals surface area contributed by atoms with Crippen LogP contribution in [0.5, 0.6) is 0 Å². The molecule has 0 radical (unpaired) electrons. The molecule has 1 aromatic rings.